The number of thioether (sulfide) groups is 1. The van der Waals surface area contributed by atoms with Crippen LogP contribution in [0.3, 0.4) is 0 Å². The van der Waals surface area contributed by atoms with E-state index in [9.17, 15) is 9.59 Å². The monoisotopic (exact) mass is 517 g/mol. The Morgan fingerprint density at radius 1 is 0.946 bits per heavy atom. The second-order valence-electron chi connectivity index (χ2n) is 10.00. The predicted octanol–water partition coefficient (Wildman–Crippen LogP) is 5.06. The Balaban J connectivity index is 1.12. The van der Waals surface area contributed by atoms with E-state index in [2.05, 4.69) is 33.8 Å². The molecule has 0 N–H and O–H groups in total. The topological polar surface area (TPSA) is 71.3 Å². The minimum Gasteiger partial charge on any atom is -0.339 e. The third-order valence-corrected chi connectivity index (χ3v) is 8.43. The maximum atomic E-state index is 12.8. The van der Waals surface area contributed by atoms with Crippen LogP contribution in [-0.2, 0) is 9.59 Å². The van der Waals surface area contributed by atoms with Crippen molar-refractivity contribution in [2.75, 3.05) is 25.4 Å². The van der Waals surface area contributed by atoms with Crippen LogP contribution in [0.25, 0.3) is 17.1 Å². The number of piperazine rings is 1. The zero-order chi connectivity index (χ0) is 25.6. The van der Waals surface area contributed by atoms with E-state index in [-0.39, 0.29) is 17.9 Å². The molecule has 1 aromatic heterocycles. The van der Waals surface area contributed by atoms with E-state index >= 15 is 0 Å². The third kappa shape index (κ3) is 5.90. The molecule has 5 rings (SSSR count). The number of carbonyl (C=O) groups excluding carboxylic acids is 2. The Morgan fingerprint density at radius 3 is 2.35 bits per heavy atom. The Labute approximate surface area is 223 Å². The van der Waals surface area contributed by atoms with Gasteiger partial charge >= 0.3 is 0 Å². The Morgan fingerprint density at radius 2 is 1.68 bits per heavy atom. The number of para-hydroxylation sites is 1. The van der Waals surface area contributed by atoms with Gasteiger partial charge in [-0.05, 0) is 44.7 Å². The van der Waals surface area contributed by atoms with Gasteiger partial charge in [0.05, 0.1) is 0 Å². The second kappa shape index (κ2) is 11.9. The fourth-order valence-corrected chi connectivity index (χ4v) is 6.00. The fraction of sp³-hybridized carbons (Fsp3) is 0.448. The van der Waals surface area contributed by atoms with Crippen LogP contribution in [0, 0.1) is 5.92 Å². The minimum atomic E-state index is 0.101. The highest BCUT2D eigenvalue weighted by Crippen LogP contribution is 2.30. The maximum Gasteiger partial charge on any atom is 0.226 e. The van der Waals surface area contributed by atoms with Crippen molar-refractivity contribution in [2.45, 2.75) is 56.6 Å². The summed E-state index contributed by atoms with van der Waals surface area (Å²) in [6, 6.07) is 20.4. The lowest BCUT2D eigenvalue weighted by atomic mass is 9.84. The third-order valence-electron chi connectivity index (χ3n) is 7.41. The first kappa shape index (κ1) is 25.5. The van der Waals surface area contributed by atoms with Gasteiger partial charge in [-0.3, -0.25) is 14.2 Å². The highest BCUT2D eigenvalue weighted by atomic mass is 32.2. The molecule has 0 radical (unpaired) electrons. The lowest BCUT2D eigenvalue weighted by Gasteiger charge is -2.42. The molecule has 1 aliphatic heterocycles. The largest absolute Gasteiger partial charge is 0.339 e. The summed E-state index contributed by atoms with van der Waals surface area (Å²) < 4.78 is 2.11. The number of nitrogens with zero attached hydrogens (tertiary/aromatic N) is 5. The number of unbranched alkanes of at least 4 members (excludes halogenated alkanes) is 1. The average Bonchev–Trinajstić information content (AvgIpc) is 3.32. The number of rotatable bonds is 9. The van der Waals surface area contributed by atoms with Crippen molar-refractivity contribution in [1.29, 1.82) is 0 Å². The summed E-state index contributed by atoms with van der Waals surface area (Å²) in [7, 11) is 0. The van der Waals surface area contributed by atoms with Gasteiger partial charge < -0.3 is 9.80 Å². The molecule has 8 heteroatoms. The molecule has 1 saturated heterocycles. The van der Waals surface area contributed by atoms with Gasteiger partial charge in [-0.1, -0.05) is 66.7 Å². The molecular weight excluding hydrogens is 482 g/mol. The molecular formula is C29H35N5O2S. The summed E-state index contributed by atoms with van der Waals surface area (Å²) in [4.78, 5) is 29.4. The van der Waals surface area contributed by atoms with Gasteiger partial charge in [-0.15, -0.1) is 10.2 Å². The molecule has 0 spiro atoms. The van der Waals surface area contributed by atoms with Crippen LogP contribution in [0.15, 0.2) is 65.8 Å². The van der Waals surface area contributed by atoms with Crippen LogP contribution >= 0.6 is 11.8 Å². The van der Waals surface area contributed by atoms with Gasteiger partial charge in [-0.2, -0.15) is 0 Å². The van der Waals surface area contributed by atoms with Gasteiger partial charge in [0, 0.05) is 55.0 Å². The van der Waals surface area contributed by atoms with Gasteiger partial charge in [0.2, 0.25) is 11.8 Å². The van der Waals surface area contributed by atoms with Crippen LogP contribution < -0.4 is 0 Å². The quantitative estimate of drug-likeness (QED) is 0.293. The summed E-state index contributed by atoms with van der Waals surface area (Å²) in [5.74, 6) is 2.41. The number of aromatic nitrogens is 3. The maximum absolute atomic E-state index is 12.8. The normalized spacial score (nSPS) is 18.0. The van der Waals surface area contributed by atoms with Crippen molar-refractivity contribution < 1.29 is 9.59 Å². The SMILES string of the molecule is CC1CN(C(=O)CCCCSc2nnc(-c3ccccc3)n2-c2ccccc2)CCN1C(=O)C1CCC1. The summed E-state index contributed by atoms with van der Waals surface area (Å²) >= 11 is 1.68. The van der Waals surface area contributed by atoms with Crippen molar-refractivity contribution in [1.82, 2.24) is 24.6 Å². The van der Waals surface area contributed by atoms with Gasteiger partial charge in [0.15, 0.2) is 11.0 Å². The van der Waals surface area contributed by atoms with Gasteiger partial charge in [-0.25, -0.2) is 0 Å². The molecule has 2 amide bonds. The summed E-state index contributed by atoms with van der Waals surface area (Å²) in [5.41, 5.74) is 2.06. The molecule has 2 fully saturated rings. The van der Waals surface area contributed by atoms with Crippen molar-refractivity contribution in [3.05, 3.63) is 60.7 Å². The Kier molecular flexibility index (Phi) is 8.24. The molecule has 2 heterocycles. The van der Waals surface area contributed by atoms with Crippen molar-refractivity contribution in [3.8, 4) is 17.1 Å². The van der Waals surface area contributed by atoms with Gasteiger partial charge in [0.25, 0.3) is 0 Å². The summed E-state index contributed by atoms with van der Waals surface area (Å²) in [6.07, 6.45) is 5.53. The van der Waals surface area contributed by atoms with E-state index in [1.165, 1.54) is 6.42 Å². The molecule has 1 saturated carbocycles. The predicted molar refractivity (Wildman–Crippen MR) is 146 cm³/mol. The van der Waals surface area contributed by atoms with Crippen LogP contribution in [-0.4, -0.2) is 67.8 Å². The minimum absolute atomic E-state index is 0.101. The molecule has 37 heavy (non-hydrogen) atoms. The molecule has 3 aromatic rings. The van der Waals surface area contributed by atoms with E-state index in [4.69, 9.17) is 0 Å². The standard InChI is InChI=1S/C29H35N5O2S/c1-22-21-32(18-19-33(22)28(36)24-13-10-14-24)26(35)17-8-9-20-37-29-31-30-27(23-11-4-2-5-12-23)34(29)25-15-6-3-7-16-25/h2-7,11-12,15-16,22,24H,8-10,13-14,17-21H2,1H3. The van der Waals surface area contributed by atoms with E-state index in [1.54, 1.807) is 11.8 Å². The number of amides is 2. The van der Waals surface area contributed by atoms with Crippen LogP contribution in [0.1, 0.15) is 45.4 Å². The average molecular weight is 518 g/mol. The molecule has 7 nitrogen and oxygen atoms in total. The number of benzene rings is 2. The van der Waals surface area contributed by atoms with E-state index in [0.29, 0.717) is 32.0 Å². The smallest absolute Gasteiger partial charge is 0.226 e. The van der Waals surface area contributed by atoms with E-state index in [1.807, 2.05) is 58.3 Å². The first-order valence-electron chi connectivity index (χ1n) is 13.4. The lowest BCUT2D eigenvalue weighted by molar-refractivity contribution is -0.147. The molecule has 1 atom stereocenters. The zero-order valence-electron chi connectivity index (χ0n) is 21.5. The number of hydrogen-bond donors (Lipinski definition) is 0. The van der Waals surface area contributed by atoms with Crippen molar-refractivity contribution >= 4 is 23.6 Å². The molecule has 2 aromatic carbocycles. The number of hydrogen-bond acceptors (Lipinski definition) is 5. The second-order valence-corrected chi connectivity index (χ2v) is 11.1. The molecule has 1 aliphatic carbocycles. The Bertz CT molecular complexity index is 1200. The summed E-state index contributed by atoms with van der Waals surface area (Å²) in [5, 5.41) is 9.85. The molecule has 2 aliphatic rings. The van der Waals surface area contributed by atoms with E-state index < -0.39 is 0 Å². The highest BCUT2D eigenvalue weighted by Gasteiger charge is 2.35. The first-order chi connectivity index (χ1) is 18.1. The molecule has 0 bridgehead atoms. The van der Waals surface area contributed by atoms with Crippen molar-refractivity contribution in [2.24, 2.45) is 5.92 Å². The Hall–Kier alpha value is -3.13. The molecule has 194 valence electrons. The van der Waals surface area contributed by atoms with Gasteiger partial charge in [0.1, 0.15) is 0 Å². The van der Waals surface area contributed by atoms with Crippen molar-refractivity contribution in [3.63, 3.8) is 0 Å². The zero-order valence-corrected chi connectivity index (χ0v) is 22.3. The van der Waals surface area contributed by atoms with Crippen LogP contribution in [0.2, 0.25) is 0 Å². The van der Waals surface area contributed by atoms with E-state index in [0.717, 1.165) is 53.7 Å². The molecule has 1 unspecified atom stereocenters. The summed E-state index contributed by atoms with van der Waals surface area (Å²) in [6.45, 7) is 4.03. The fourth-order valence-electron chi connectivity index (χ4n) is 5.05. The lowest BCUT2D eigenvalue weighted by Crippen LogP contribution is -2.57. The first-order valence-corrected chi connectivity index (χ1v) is 14.4. The van der Waals surface area contributed by atoms with Crippen LogP contribution in [0.4, 0.5) is 0 Å². The van der Waals surface area contributed by atoms with Crippen LogP contribution in [0.5, 0.6) is 0 Å². The highest BCUT2D eigenvalue weighted by molar-refractivity contribution is 7.99. The number of carbonyl (C=O) groups is 2.